The first-order chi connectivity index (χ1) is 9.12. The number of aliphatic carboxylic acids is 1. The van der Waals surface area contributed by atoms with Crippen molar-refractivity contribution in [3.05, 3.63) is 29.8 Å². The van der Waals surface area contributed by atoms with Gasteiger partial charge in [-0.05, 0) is 31.7 Å². The molecule has 0 aromatic heterocycles. The minimum absolute atomic E-state index is 0.0189. The van der Waals surface area contributed by atoms with Crippen molar-refractivity contribution in [2.24, 2.45) is 5.92 Å². The SMILES string of the molecule is CC(CN(C)C(C)c1ccc(S(C)(=O)=O)cc1)C(=O)O. The summed E-state index contributed by atoms with van der Waals surface area (Å²) in [5.74, 6) is -1.27. The molecule has 0 amide bonds. The Morgan fingerprint density at radius 1 is 1.25 bits per heavy atom. The maximum atomic E-state index is 11.4. The smallest absolute Gasteiger partial charge is 0.307 e. The number of rotatable bonds is 6. The lowest BCUT2D eigenvalue weighted by Gasteiger charge is -2.26. The highest BCUT2D eigenvalue weighted by atomic mass is 32.2. The first kappa shape index (κ1) is 16.7. The Labute approximate surface area is 120 Å². The number of benzene rings is 1. The van der Waals surface area contributed by atoms with E-state index in [2.05, 4.69) is 0 Å². The normalized spacial score (nSPS) is 15.1. The van der Waals surface area contributed by atoms with Crippen molar-refractivity contribution in [1.82, 2.24) is 4.90 Å². The van der Waals surface area contributed by atoms with Crippen LogP contribution in [-0.4, -0.2) is 44.2 Å². The van der Waals surface area contributed by atoms with Crippen LogP contribution in [0.4, 0.5) is 0 Å². The van der Waals surface area contributed by atoms with Crippen molar-refractivity contribution in [1.29, 1.82) is 0 Å². The number of hydrogen-bond donors (Lipinski definition) is 1. The summed E-state index contributed by atoms with van der Waals surface area (Å²) in [5.41, 5.74) is 0.956. The van der Waals surface area contributed by atoms with Crippen LogP contribution in [0.2, 0.25) is 0 Å². The van der Waals surface area contributed by atoms with Crippen LogP contribution in [0.15, 0.2) is 29.2 Å². The highest BCUT2D eigenvalue weighted by Crippen LogP contribution is 2.21. The Bertz CT molecular complexity index is 565. The van der Waals surface area contributed by atoms with E-state index in [4.69, 9.17) is 5.11 Å². The second-order valence-corrected chi connectivity index (χ2v) is 7.21. The monoisotopic (exact) mass is 299 g/mol. The Hall–Kier alpha value is -1.40. The van der Waals surface area contributed by atoms with E-state index in [9.17, 15) is 13.2 Å². The maximum absolute atomic E-state index is 11.4. The standard InChI is InChI=1S/C14H21NO4S/c1-10(14(16)17)9-15(3)11(2)12-5-7-13(8-6-12)20(4,18)19/h5-8,10-11H,9H2,1-4H3,(H,16,17). The molecule has 2 atom stereocenters. The third-order valence-corrected chi connectivity index (χ3v) is 4.56. The third-order valence-electron chi connectivity index (χ3n) is 3.44. The number of carbonyl (C=O) groups is 1. The van der Waals surface area contributed by atoms with Crippen LogP contribution in [-0.2, 0) is 14.6 Å². The van der Waals surface area contributed by atoms with E-state index in [1.54, 1.807) is 31.2 Å². The molecule has 0 saturated carbocycles. The molecule has 112 valence electrons. The minimum Gasteiger partial charge on any atom is -0.481 e. The number of carboxylic acid groups (broad SMARTS) is 1. The van der Waals surface area contributed by atoms with Crippen LogP contribution in [0.1, 0.15) is 25.5 Å². The van der Waals surface area contributed by atoms with E-state index < -0.39 is 21.7 Å². The van der Waals surface area contributed by atoms with E-state index in [1.165, 1.54) is 6.26 Å². The molecule has 1 rings (SSSR count). The molecule has 0 fully saturated rings. The average Bonchev–Trinajstić information content (AvgIpc) is 2.36. The van der Waals surface area contributed by atoms with Crippen LogP contribution >= 0.6 is 0 Å². The van der Waals surface area contributed by atoms with Gasteiger partial charge in [0.1, 0.15) is 0 Å². The van der Waals surface area contributed by atoms with Gasteiger partial charge in [0.2, 0.25) is 0 Å². The zero-order valence-electron chi connectivity index (χ0n) is 12.2. The van der Waals surface area contributed by atoms with Gasteiger partial charge in [-0.25, -0.2) is 8.42 Å². The summed E-state index contributed by atoms with van der Waals surface area (Å²) >= 11 is 0. The first-order valence-corrected chi connectivity index (χ1v) is 8.25. The Kier molecular flexibility index (Phi) is 5.30. The number of hydrogen-bond acceptors (Lipinski definition) is 4. The van der Waals surface area contributed by atoms with Gasteiger partial charge in [0, 0.05) is 18.8 Å². The van der Waals surface area contributed by atoms with Crippen molar-refractivity contribution in [3.63, 3.8) is 0 Å². The minimum atomic E-state index is -3.19. The fraction of sp³-hybridized carbons (Fsp3) is 0.500. The summed E-state index contributed by atoms with van der Waals surface area (Å²) in [6.45, 7) is 4.06. The van der Waals surface area contributed by atoms with Gasteiger partial charge in [-0.2, -0.15) is 0 Å². The molecule has 0 bridgehead atoms. The van der Waals surface area contributed by atoms with Gasteiger partial charge in [0.15, 0.2) is 9.84 Å². The molecule has 1 aromatic rings. The lowest BCUT2D eigenvalue weighted by atomic mass is 10.1. The molecular weight excluding hydrogens is 278 g/mol. The van der Waals surface area contributed by atoms with E-state index in [0.717, 1.165) is 5.56 Å². The first-order valence-electron chi connectivity index (χ1n) is 6.36. The maximum Gasteiger partial charge on any atom is 0.307 e. The fourth-order valence-corrected chi connectivity index (χ4v) is 2.55. The van der Waals surface area contributed by atoms with E-state index in [1.807, 2.05) is 18.9 Å². The predicted molar refractivity (Wildman–Crippen MR) is 77.4 cm³/mol. The quantitative estimate of drug-likeness (QED) is 0.867. The van der Waals surface area contributed by atoms with Crippen molar-refractivity contribution in [2.45, 2.75) is 24.8 Å². The molecule has 2 unspecified atom stereocenters. The molecule has 0 spiro atoms. The zero-order valence-corrected chi connectivity index (χ0v) is 13.0. The van der Waals surface area contributed by atoms with Crippen LogP contribution in [0, 0.1) is 5.92 Å². The van der Waals surface area contributed by atoms with Gasteiger partial charge in [0.25, 0.3) is 0 Å². The highest BCUT2D eigenvalue weighted by Gasteiger charge is 2.18. The molecule has 0 heterocycles. The van der Waals surface area contributed by atoms with Crippen LogP contribution in [0.25, 0.3) is 0 Å². The van der Waals surface area contributed by atoms with Gasteiger partial charge < -0.3 is 5.11 Å². The summed E-state index contributed by atoms with van der Waals surface area (Å²) in [4.78, 5) is 13.1. The average molecular weight is 299 g/mol. The van der Waals surface area contributed by atoms with Crippen LogP contribution < -0.4 is 0 Å². The molecule has 1 aromatic carbocycles. The van der Waals surface area contributed by atoms with Crippen LogP contribution in [0.5, 0.6) is 0 Å². The summed E-state index contributed by atoms with van der Waals surface area (Å²) in [5, 5.41) is 8.92. The van der Waals surface area contributed by atoms with E-state index in [-0.39, 0.29) is 10.9 Å². The van der Waals surface area contributed by atoms with Gasteiger partial charge in [-0.15, -0.1) is 0 Å². The molecule has 1 N–H and O–H groups in total. The second-order valence-electron chi connectivity index (χ2n) is 5.20. The molecule has 0 saturated heterocycles. The molecule has 0 aliphatic carbocycles. The lowest BCUT2D eigenvalue weighted by Crippen LogP contribution is -2.30. The molecule has 6 heteroatoms. The summed E-state index contributed by atoms with van der Waals surface area (Å²) < 4.78 is 22.8. The van der Waals surface area contributed by atoms with E-state index in [0.29, 0.717) is 6.54 Å². The van der Waals surface area contributed by atoms with Gasteiger partial charge in [-0.1, -0.05) is 19.1 Å². The number of carboxylic acids is 1. The topological polar surface area (TPSA) is 74.7 Å². The molecule has 0 radical (unpaired) electrons. The lowest BCUT2D eigenvalue weighted by molar-refractivity contribution is -0.141. The summed E-state index contributed by atoms with van der Waals surface area (Å²) in [6.07, 6.45) is 1.17. The van der Waals surface area contributed by atoms with Gasteiger partial charge in [0.05, 0.1) is 10.8 Å². The Morgan fingerprint density at radius 2 is 1.75 bits per heavy atom. The highest BCUT2D eigenvalue weighted by molar-refractivity contribution is 7.90. The van der Waals surface area contributed by atoms with Crippen molar-refractivity contribution in [3.8, 4) is 0 Å². The molecular formula is C14H21NO4S. The van der Waals surface area contributed by atoms with Crippen molar-refractivity contribution in [2.75, 3.05) is 19.8 Å². The Morgan fingerprint density at radius 3 is 2.15 bits per heavy atom. The molecule has 0 aliphatic heterocycles. The third kappa shape index (κ3) is 4.31. The molecule has 0 aliphatic rings. The number of sulfone groups is 1. The molecule has 20 heavy (non-hydrogen) atoms. The van der Waals surface area contributed by atoms with Crippen molar-refractivity contribution >= 4 is 15.8 Å². The van der Waals surface area contributed by atoms with Gasteiger partial charge in [-0.3, -0.25) is 9.69 Å². The van der Waals surface area contributed by atoms with Gasteiger partial charge >= 0.3 is 5.97 Å². The van der Waals surface area contributed by atoms with Crippen molar-refractivity contribution < 1.29 is 18.3 Å². The largest absolute Gasteiger partial charge is 0.481 e. The zero-order chi connectivity index (χ0) is 15.5. The molecule has 5 nitrogen and oxygen atoms in total. The summed E-state index contributed by atoms with van der Waals surface area (Å²) in [7, 11) is -1.33. The summed E-state index contributed by atoms with van der Waals surface area (Å²) in [6, 6.07) is 6.71. The van der Waals surface area contributed by atoms with Crippen LogP contribution in [0.3, 0.4) is 0 Å². The Balaban J connectivity index is 2.82. The van der Waals surface area contributed by atoms with E-state index >= 15 is 0 Å². The second kappa shape index (κ2) is 6.37. The number of nitrogens with zero attached hydrogens (tertiary/aromatic N) is 1. The fourth-order valence-electron chi connectivity index (χ4n) is 1.92. The predicted octanol–water partition coefficient (Wildman–Crippen LogP) is 1.80.